The third-order valence-corrected chi connectivity index (χ3v) is 13.3. The Morgan fingerprint density at radius 2 is 1.00 bits per heavy atom. The summed E-state index contributed by atoms with van der Waals surface area (Å²) in [7, 11) is 4.58. The molecule has 2 aliphatic carbocycles. The molecule has 0 saturated heterocycles. The van der Waals surface area contributed by atoms with Crippen LogP contribution in [-0.4, -0.2) is 9.13 Å². The molecule has 6 aromatic rings. The number of rotatable bonds is 0. The van der Waals surface area contributed by atoms with Gasteiger partial charge in [0.2, 0.25) is 0 Å². The number of halogens is 2. The number of hydrogen-bond acceptors (Lipinski definition) is 0. The van der Waals surface area contributed by atoms with Gasteiger partial charge >= 0.3 is 236 Å². The smallest absolute Gasteiger partial charge is 1.00 e. The minimum Gasteiger partial charge on any atom is -1.00 e. The molecule has 0 fully saturated rings. The molecular formula is C35H28Cl2N2Zr. The van der Waals surface area contributed by atoms with Crippen molar-refractivity contribution in [3.05, 3.63) is 107 Å². The Kier molecular flexibility index (Phi) is 5.74. The van der Waals surface area contributed by atoms with Gasteiger partial charge < -0.3 is 24.8 Å². The standard InChI is InChI=1S/C35H28N2.2ClH.Zr/c1-35(2,31-21-13-5-7-15-23(21)33-29(31)25-17-9-11-19-27(25)36(33)3)32-22-14-6-8-16-24(22)34-30(32)26-18-10-12-20-28(26)37(34)4;;;/h5-16,19-20,31-32H,1-4H3;2*1H;/q;;;+2/p-2. The number of fused-ring (bicyclic) bond motifs is 6. The fraction of sp³-hybridized carbons (Fsp3) is 0.200. The van der Waals surface area contributed by atoms with Crippen LogP contribution in [0.4, 0.5) is 0 Å². The van der Waals surface area contributed by atoms with E-state index in [-0.39, 0.29) is 30.2 Å². The van der Waals surface area contributed by atoms with Crippen LogP contribution in [0.15, 0.2) is 84.9 Å². The van der Waals surface area contributed by atoms with Crippen molar-refractivity contribution in [2.45, 2.75) is 25.7 Å². The van der Waals surface area contributed by atoms with Gasteiger partial charge in [-0.1, -0.05) is 0 Å². The Balaban J connectivity index is 0.00000132. The molecule has 2 unspecified atom stereocenters. The van der Waals surface area contributed by atoms with E-state index >= 15 is 0 Å². The molecule has 3 aliphatic rings. The number of benzene rings is 4. The Morgan fingerprint density at radius 3 is 1.45 bits per heavy atom. The zero-order chi connectivity index (χ0) is 25.5. The normalized spacial score (nSPS) is 18.3. The Morgan fingerprint density at radius 1 is 0.575 bits per heavy atom. The second-order valence-electron chi connectivity index (χ2n) is 12.0. The summed E-state index contributed by atoms with van der Waals surface area (Å²) in [6, 6.07) is 32.8. The summed E-state index contributed by atoms with van der Waals surface area (Å²) in [6.07, 6.45) is 0. The minimum absolute atomic E-state index is 0. The average molecular weight is 639 g/mol. The van der Waals surface area contributed by atoms with E-state index in [9.17, 15) is 0 Å². The molecule has 4 aromatic carbocycles. The molecule has 2 aromatic heterocycles. The van der Waals surface area contributed by atoms with Gasteiger partial charge in [-0.25, -0.2) is 0 Å². The maximum atomic E-state index is 2.56. The fourth-order valence-corrected chi connectivity index (χ4v) is 12.1. The van der Waals surface area contributed by atoms with Crippen molar-refractivity contribution in [3.63, 3.8) is 0 Å². The van der Waals surface area contributed by atoms with Crippen LogP contribution in [0.25, 0.3) is 44.3 Å². The minimum atomic E-state index is -1.10. The van der Waals surface area contributed by atoms with E-state index in [0.29, 0.717) is 11.8 Å². The van der Waals surface area contributed by atoms with Crippen LogP contribution in [0.1, 0.15) is 47.9 Å². The molecule has 3 heterocycles. The first-order valence-electron chi connectivity index (χ1n) is 13.7. The molecular weight excluding hydrogens is 611 g/mol. The van der Waals surface area contributed by atoms with Crippen LogP contribution in [0.3, 0.4) is 0 Å². The third-order valence-electron chi connectivity index (χ3n) is 9.92. The molecule has 40 heavy (non-hydrogen) atoms. The van der Waals surface area contributed by atoms with E-state index in [4.69, 9.17) is 0 Å². The summed E-state index contributed by atoms with van der Waals surface area (Å²) >= 11 is -1.10. The van der Waals surface area contributed by atoms with Gasteiger partial charge in [0.15, 0.2) is 0 Å². The zero-order valence-electron chi connectivity index (χ0n) is 22.9. The van der Waals surface area contributed by atoms with E-state index in [2.05, 4.69) is 122 Å². The predicted molar refractivity (Wildman–Crippen MR) is 153 cm³/mol. The van der Waals surface area contributed by atoms with Crippen molar-refractivity contribution in [2.24, 2.45) is 19.5 Å². The molecule has 1 aliphatic heterocycles. The fourth-order valence-electron chi connectivity index (χ4n) is 8.56. The van der Waals surface area contributed by atoms with Crippen molar-refractivity contribution in [1.29, 1.82) is 0 Å². The van der Waals surface area contributed by atoms with Crippen LogP contribution < -0.4 is 31.4 Å². The van der Waals surface area contributed by atoms with Crippen molar-refractivity contribution < 1.29 is 48.0 Å². The molecule has 2 nitrogen and oxygen atoms in total. The molecule has 9 rings (SSSR count). The van der Waals surface area contributed by atoms with E-state index < -0.39 is 23.2 Å². The van der Waals surface area contributed by atoms with Gasteiger partial charge in [0.05, 0.1) is 0 Å². The van der Waals surface area contributed by atoms with Crippen molar-refractivity contribution in [2.75, 3.05) is 0 Å². The summed E-state index contributed by atoms with van der Waals surface area (Å²) < 4.78 is 8.25. The van der Waals surface area contributed by atoms with Crippen LogP contribution in [-0.2, 0) is 37.3 Å². The van der Waals surface area contributed by atoms with Gasteiger partial charge in [-0.2, -0.15) is 0 Å². The maximum absolute atomic E-state index is 2.56. The Hall–Kier alpha value is -2.58. The van der Waals surface area contributed by atoms with Gasteiger partial charge in [-0.15, -0.1) is 0 Å². The SMILES string of the molecule is Cn1c2c3c4[c](cccc41)[Zr+2][c]1cccc4c1c1c(n4C)-c4ccccc4C1C(C)(C)C3c1ccccc1-2.[Cl-].[Cl-]. The summed E-state index contributed by atoms with van der Waals surface area (Å²) in [4.78, 5) is 0. The summed E-state index contributed by atoms with van der Waals surface area (Å²) in [5, 5.41) is 3.10. The topological polar surface area (TPSA) is 9.86 Å². The second-order valence-corrected chi connectivity index (χ2v) is 15.3. The Labute approximate surface area is 258 Å². The van der Waals surface area contributed by atoms with Gasteiger partial charge in [-0.05, 0) is 0 Å². The van der Waals surface area contributed by atoms with E-state index in [1.807, 2.05) is 0 Å². The molecule has 2 atom stereocenters. The van der Waals surface area contributed by atoms with E-state index in [1.165, 1.54) is 44.7 Å². The van der Waals surface area contributed by atoms with Crippen molar-refractivity contribution in [1.82, 2.24) is 9.13 Å². The molecule has 0 radical (unpaired) electrons. The van der Waals surface area contributed by atoms with Crippen molar-refractivity contribution in [3.8, 4) is 22.5 Å². The zero-order valence-corrected chi connectivity index (χ0v) is 26.9. The second kappa shape index (κ2) is 8.71. The molecule has 0 bridgehead atoms. The summed E-state index contributed by atoms with van der Waals surface area (Å²) in [5.41, 5.74) is 14.7. The van der Waals surface area contributed by atoms with E-state index in [0.717, 1.165) is 0 Å². The predicted octanol–water partition coefficient (Wildman–Crippen LogP) is 0.976. The van der Waals surface area contributed by atoms with Gasteiger partial charge in [0.1, 0.15) is 0 Å². The molecule has 0 saturated carbocycles. The molecule has 0 spiro atoms. The quantitative estimate of drug-likeness (QED) is 0.235. The van der Waals surface area contributed by atoms with Crippen LogP contribution in [0, 0.1) is 5.41 Å². The first-order chi connectivity index (χ1) is 18.5. The van der Waals surface area contributed by atoms with Crippen LogP contribution in [0.5, 0.6) is 0 Å². The third kappa shape index (κ3) is 2.94. The first-order valence-corrected chi connectivity index (χ1v) is 16.1. The molecule has 0 N–H and O–H groups in total. The van der Waals surface area contributed by atoms with E-state index in [1.54, 1.807) is 28.4 Å². The molecule has 196 valence electrons. The molecule has 5 heteroatoms. The summed E-state index contributed by atoms with van der Waals surface area (Å²) in [5.74, 6) is 0.671. The van der Waals surface area contributed by atoms with Crippen molar-refractivity contribution >= 4 is 28.3 Å². The average Bonchev–Trinajstić information content (AvgIpc) is 3.61. The molecule has 0 amide bonds. The largest absolute Gasteiger partial charge is 1.00 e. The maximum Gasteiger partial charge on any atom is -1.00 e. The number of hydrogen-bond donors (Lipinski definition) is 0. The number of nitrogens with zero attached hydrogens (tertiary/aromatic N) is 2. The van der Waals surface area contributed by atoms with Gasteiger partial charge in [0.25, 0.3) is 0 Å². The van der Waals surface area contributed by atoms with Gasteiger partial charge in [-0.3, -0.25) is 0 Å². The summed E-state index contributed by atoms with van der Waals surface area (Å²) in [6.45, 7) is 5.12. The monoisotopic (exact) mass is 636 g/mol. The number of aryl methyl sites for hydroxylation is 2. The first kappa shape index (κ1) is 26.3. The van der Waals surface area contributed by atoms with Crippen LogP contribution in [0.2, 0.25) is 0 Å². The Bertz CT molecular complexity index is 1890. The van der Waals surface area contributed by atoms with Crippen LogP contribution >= 0.6 is 0 Å². The van der Waals surface area contributed by atoms with Gasteiger partial charge in [0, 0.05) is 0 Å². The number of aromatic nitrogens is 2.